The lowest BCUT2D eigenvalue weighted by atomic mass is 9.41. The SMILES string of the molecule is CC(=O)O[C@@H]1[C@@H](C)[C@]2(C)C[C@@H](c3ccoc3)O[C@H]3CC(=O)[C@]4(CO4)[C@](C)([C@H]1OC(C)=O)[C@@H]32. The predicted molar refractivity (Wildman–Crippen MR) is 109 cm³/mol. The van der Waals surface area contributed by atoms with Crippen LogP contribution in [0.4, 0.5) is 0 Å². The standard InChI is InChI=1S/C24H30O8/c1-12-19(30-13(2)25)21(31-14(3)26)23(5)20-16(8-18(27)24(23)11-29-24)32-17(9-22(12,20)4)15-6-7-28-10-15/h6-7,10,12,16-17,19-21H,8-9,11H2,1-5H3/t12-,16+,17+,19-,20+,21+,22+,23+,24-/m1/s1. The number of epoxide rings is 1. The van der Waals surface area contributed by atoms with Crippen LogP contribution in [0.2, 0.25) is 0 Å². The van der Waals surface area contributed by atoms with E-state index in [9.17, 15) is 14.4 Å². The molecule has 0 N–H and O–H groups in total. The second-order valence-corrected chi connectivity index (χ2v) is 10.3. The summed E-state index contributed by atoms with van der Waals surface area (Å²) in [6, 6.07) is 1.88. The highest BCUT2D eigenvalue weighted by atomic mass is 16.6. The molecule has 4 fully saturated rings. The summed E-state index contributed by atoms with van der Waals surface area (Å²) in [5, 5.41) is 0. The maximum atomic E-state index is 13.4. The monoisotopic (exact) mass is 446 g/mol. The molecule has 1 spiro atoms. The zero-order valence-electron chi connectivity index (χ0n) is 19.1. The van der Waals surface area contributed by atoms with Gasteiger partial charge in [-0.3, -0.25) is 14.4 Å². The van der Waals surface area contributed by atoms with E-state index in [1.165, 1.54) is 13.8 Å². The highest BCUT2D eigenvalue weighted by Gasteiger charge is 2.81. The van der Waals surface area contributed by atoms with E-state index in [1.807, 2.05) is 19.9 Å². The van der Waals surface area contributed by atoms with Crippen molar-refractivity contribution in [1.29, 1.82) is 0 Å². The lowest BCUT2D eigenvalue weighted by Gasteiger charge is -2.67. The number of furan rings is 1. The molecule has 4 aliphatic rings. The minimum Gasteiger partial charge on any atom is -0.472 e. The van der Waals surface area contributed by atoms with E-state index in [2.05, 4.69) is 6.92 Å². The minimum atomic E-state index is -1.06. The third-order valence-corrected chi connectivity index (χ3v) is 8.77. The van der Waals surface area contributed by atoms with Gasteiger partial charge in [0.05, 0.1) is 36.8 Å². The molecule has 2 saturated heterocycles. The molecule has 1 aromatic rings. The fourth-order valence-corrected chi connectivity index (χ4v) is 7.20. The number of ketones is 1. The highest BCUT2D eigenvalue weighted by molar-refractivity contribution is 5.93. The number of hydrogen-bond donors (Lipinski definition) is 0. The van der Waals surface area contributed by atoms with Gasteiger partial charge in [-0.15, -0.1) is 0 Å². The maximum absolute atomic E-state index is 13.4. The summed E-state index contributed by atoms with van der Waals surface area (Å²) < 4.78 is 29.4. The van der Waals surface area contributed by atoms with Crippen LogP contribution in [0, 0.1) is 22.7 Å². The van der Waals surface area contributed by atoms with Gasteiger partial charge in [0, 0.05) is 37.7 Å². The molecule has 5 rings (SSSR count). The van der Waals surface area contributed by atoms with E-state index >= 15 is 0 Å². The minimum absolute atomic E-state index is 0.0512. The molecule has 2 saturated carbocycles. The van der Waals surface area contributed by atoms with Crippen molar-refractivity contribution in [1.82, 2.24) is 0 Å². The van der Waals surface area contributed by atoms with E-state index in [0.29, 0.717) is 6.42 Å². The van der Waals surface area contributed by atoms with Crippen molar-refractivity contribution in [2.75, 3.05) is 6.61 Å². The lowest BCUT2D eigenvalue weighted by molar-refractivity contribution is -0.297. The second kappa shape index (κ2) is 6.90. The third kappa shape index (κ3) is 2.71. The first-order chi connectivity index (χ1) is 15.0. The number of carbonyl (C=O) groups excluding carboxylic acids is 3. The first kappa shape index (κ1) is 21.6. The van der Waals surface area contributed by atoms with Gasteiger partial charge in [0.25, 0.3) is 0 Å². The molecule has 0 radical (unpaired) electrons. The van der Waals surface area contributed by atoms with Crippen molar-refractivity contribution in [3.8, 4) is 0 Å². The average Bonchev–Trinajstić information content (AvgIpc) is 3.34. The summed E-state index contributed by atoms with van der Waals surface area (Å²) in [5.74, 6) is -1.28. The second-order valence-electron chi connectivity index (χ2n) is 10.3. The summed E-state index contributed by atoms with van der Waals surface area (Å²) in [4.78, 5) is 37.7. The Morgan fingerprint density at radius 2 is 1.84 bits per heavy atom. The smallest absolute Gasteiger partial charge is 0.303 e. The molecule has 0 bridgehead atoms. The molecule has 174 valence electrons. The van der Waals surface area contributed by atoms with Gasteiger partial charge in [0.2, 0.25) is 0 Å². The van der Waals surface area contributed by atoms with Crippen molar-refractivity contribution in [2.24, 2.45) is 22.7 Å². The lowest BCUT2D eigenvalue weighted by Crippen LogP contribution is -2.75. The number of hydrogen-bond acceptors (Lipinski definition) is 8. The molecule has 1 aromatic heterocycles. The Labute approximate surface area is 186 Å². The quantitative estimate of drug-likeness (QED) is 0.516. The van der Waals surface area contributed by atoms with Crippen molar-refractivity contribution in [3.63, 3.8) is 0 Å². The molecule has 2 aliphatic carbocycles. The van der Waals surface area contributed by atoms with Gasteiger partial charge in [-0.1, -0.05) is 20.8 Å². The number of esters is 2. The van der Waals surface area contributed by atoms with Crippen LogP contribution in [-0.4, -0.2) is 48.2 Å². The number of carbonyl (C=O) groups is 3. The van der Waals surface area contributed by atoms with Crippen molar-refractivity contribution >= 4 is 17.7 Å². The van der Waals surface area contributed by atoms with Gasteiger partial charge >= 0.3 is 11.9 Å². The molecule has 0 aromatic carbocycles. The van der Waals surface area contributed by atoms with E-state index in [4.69, 9.17) is 23.4 Å². The molecule has 0 amide bonds. The van der Waals surface area contributed by atoms with Gasteiger partial charge in [-0.05, 0) is 17.9 Å². The summed E-state index contributed by atoms with van der Waals surface area (Å²) in [7, 11) is 0. The van der Waals surface area contributed by atoms with Gasteiger partial charge in [0.15, 0.2) is 11.4 Å². The topological polar surface area (TPSA) is 105 Å². The zero-order chi connectivity index (χ0) is 23.1. The maximum Gasteiger partial charge on any atom is 0.303 e. The largest absolute Gasteiger partial charge is 0.472 e. The van der Waals surface area contributed by atoms with E-state index in [1.54, 1.807) is 12.5 Å². The van der Waals surface area contributed by atoms with E-state index in [0.717, 1.165) is 5.56 Å². The molecule has 8 heteroatoms. The van der Waals surface area contributed by atoms with Crippen LogP contribution in [0.15, 0.2) is 23.0 Å². The first-order valence-corrected chi connectivity index (χ1v) is 11.2. The van der Waals surface area contributed by atoms with Gasteiger partial charge in [0.1, 0.15) is 12.2 Å². The van der Waals surface area contributed by atoms with E-state index in [-0.39, 0.29) is 48.3 Å². The molecule has 0 unspecified atom stereocenters. The molecule has 3 heterocycles. The Morgan fingerprint density at radius 3 is 2.41 bits per heavy atom. The molecular formula is C24H30O8. The predicted octanol–water partition coefficient (Wildman–Crippen LogP) is 2.99. The fourth-order valence-electron chi connectivity index (χ4n) is 7.20. The Kier molecular flexibility index (Phi) is 4.67. The zero-order valence-corrected chi connectivity index (χ0v) is 19.1. The van der Waals surface area contributed by atoms with Gasteiger partial charge < -0.3 is 23.4 Å². The van der Waals surface area contributed by atoms with Crippen molar-refractivity contribution < 1.29 is 37.7 Å². The Bertz CT molecular complexity index is 949. The van der Waals surface area contributed by atoms with Crippen LogP contribution in [0.5, 0.6) is 0 Å². The Hall–Kier alpha value is -2.19. The van der Waals surface area contributed by atoms with Crippen LogP contribution in [0.3, 0.4) is 0 Å². The number of fused-ring (bicyclic) bond motifs is 1. The molecule has 8 nitrogen and oxygen atoms in total. The summed E-state index contributed by atoms with van der Waals surface area (Å²) in [6.07, 6.45) is 2.01. The molecular weight excluding hydrogens is 416 g/mol. The van der Waals surface area contributed by atoms with Crippen LogP contribution < -0.4 is 0 Å². The fraction of sp³-hybridized carbons (Fsp3) is 0.708. The Morgan fingerprint density at radius 1 is 1.16 bits per heavy atom. The van der Waals surface area contributed by atoms with Crippen LogP contribution in [-0.2, 0) is 33.3 Å². The third-order valence-electron chi connectivity index (χ3n) is 8.77. The number of Topliss-reactive ketones (excluding diaryl/α,β-unsaturated/α-hetero) is 1. The highest BCUT2D eigenvalue weighted by Crippen LogP contribution is 2.71. The number of rotatable bonds is 3. The van der Waals surface area contributed by atoms with Gasteiger partial charge in [-0.25, -0.2) is 0 Å². The van der Waals surface area contributed by atoms with Gasteiger partial charge in [-0.2, -0.15) is 0 Å². The van der Waals surface area contributed by atoms with Crippen molar-refractivity contribution in [2.45, 2.75) is 77.5 Å². The Balaban J connectivity index is 1.68. The summed E-state index contributed by atoms with van der Waals surface area (Å²) >= 11 is 0. The van der Waals surface area contributed by atoms with Crippen LogP contribution in [0.25, 0.3) is 0 Å². The van der Waals surface area contributed by atoms with E-state index < -0.39 is 35.2 Å². The summed E-state index contributed by atoms with van der Waals surface area (Å²) in [5.41, 5.74) is -1.42. The van der Waals surface area contributed by atoms with Crippen LogP contribution in [0.1, 0.15) is 59.1 Å². The normalized spacial score (nSPS) is 47.0. The van der Waals surface area contributed by atoms with Crippen molar-refractivity contribution in [3.05, 3.63) is 24.2 Å². The molecule has 9 atom stereocenters. The molecule has 32 heavy (non-hydrogen) atoms. The average molecular weight is 446 g/mol. The van der Waals surface area contributed by atoms with Crippen LogP contribution >= 0.6 is 0 Å². The summed E-state index contributed by atoms with van der Waals surface area (Å²) in [6.45, 7) is 9.12. The molecule has 2 aliphatic heterocycles. The number of ether oxygens (including phenoxy) is 4. The first-order valence-electron chi connectivity index (χ1n) is 11.2.